The number of hydrogen-bond acceptors (Lipinski definition) is 3. The fraction of sp³-hybridized carbons (Fsp3) is 0.0435. The van der Waals surface area contributed by atoms with Crippen molar-refractivity contribution < 1.29 is 9.90 Å². The third-order valence-electron chi connectivity index (χ3n) is 4.91. The number of aromatic hydroxyl groups is 1. The van der Waals surface area contributed by atoms with Crippen LogP contribution < -0.4 is 10.5 Å². The van der Waals surface area contributed by atoms with Gasteiger partial charge in [-0.15, -0.1) is 0 Å². The molecule has 162 valence electrons. The van der Waals surface area contributed by atoms with Crippen LogP contribution in [0.5, 0.6) is 5.88 Å². The van der Waals surface area contributed by atoms with Crippen molar-refractivity contribution in [3.05, 3.63) is 104 Å². The molecule has 9 heteroatoms. The van der Waals surface area contributed by atoms with E-state index >= 15 is 0 Å². The zero-order valence-corrected chi connectivity index (χ0v) is 18.9. The summed E-state index contributed by atoms with van der Waals surface area (Å²) in [6.07, 6.45) is 0. The molecule has 3 aromatic carbocycles. The molecule has 0 spiro atoms. The van der Waals surface area contributed by atoms with Crippen LogP contribution in [-0.4, -0.2) is 27.4 Å². The maximum atomic E-state index is 13.4. The third kappa shape index (κ3) is 4.00. The molecule has 0 unspecified atom stereocenters. The predicted molar refractivity (Wildman–Crippen MR) is 127 cm³/mol. The lowest BCUT2D eigenvalue weighted by molar-refractivity contribution is 0.0989. The van der Waals surface area contributed by atoms with Gasteiger partial charge in [-0.1, -0.05) is 34.8 Å². The molecule has 0 atom stereocenters. The van der Waals surface area contributed by atoms with Gasteiger partial charge < -0.3 is 10.0 Å². The Bertz CT molecular complexity index is 1340. The molecule has 0 aliphatic heterocycles. The Hall–Kier alpha value is -3.19. The van der Waals surface area contributed by atoms with E-state index in [0.717, 1.165) is 0 Å². The molecule has 4 aromatic rings. The van der Waals surface area contributed by atoms with Gasteiger partial charge in [0.1, 0.15) is 0 Å². The molecule has 6 nitrogen and oxygen atoms in total. The molecule has 0 saturated carbocycles. The van der Waals surface area contributed by atoms with Gasteiger partial charge in [0.2, 0.25) is 5.88 Å². The lowest BCUT2D eigenvalue weighted by atomic mass is 10.2. The zero-order valence-electron chi connectivity index (χ0n) is 16.7. The summed E-state index contributed by atoms with van der Waals surface area (Å²) in [4.78, 5) is 28.0. The highest BCUT2D eigenvalue weighted by atomic mass is 35.5. The minimum atomic E-state index is -0.689. The van der Waals surface area contributed by atoms with Gasteiger partial charge in [0.25, 0.3) is 11.5 Å². The molecule has 4 rings (SSSR count). The monoisotopic (exact) mass is 487 g/mol. The van der Waals surface area contributed by atoms with Crippen LogP contribution in [0.4, 0.5) is 5.69 Å². The van der Waals surface area contributed by atoms with E-state index in [1.54, 1.807) is 72.8 Å². The molecule has 1 N–H and O–H groups in total. The molecule has 1 amide bonds. The third-order valence-corrected chi connectivity index (χ3v) is 5.66. The molecular weight excluding hydrogens is 473 g/mol. The summed E-state index contributed by atoms with van der Waals surface area (Å²) in [5.74, 6) is -1.18. The van der Waals surface area contributed by atoms with Gasteiger partial charge in [0.15, 0.2) is 5.56 Å². The average molecular weight is 489 g/mol. The molecule has 0 bridgehead atoms. The van der Waals surface area contributed by atoms with Crippen LogP contribution in [0.25, 0.3) is 11.4 Å². The normalized spacial score (nSPS) is 10.9. The highest BCUT2D eigenvalue weighted by Crippen LogP contribution is 2.27. The van der Waals surface area contributed by atoms with E-state index < -0.39 is 17.3 Å². The van der Waals surface area contributed by atoms with E-state index in [-0.39, 0.29) is 5.56 Å². The summed E-state index contributed by atoms with van der Waals surface area (Å²) in [7, 11) is 1.51. The van der Waals surface area contributed by atoms with Gasteiger partial charge in [-0.05, 0) is 72.8 Å². The fourth-order valence-electron chi connectivity index (χ4n) is 3.26. The fourth-order valence-corrected chi connectivity index (χ4v) is 3.64. The summed E-state index contributed by atoms with van der Waals surface area (Å²) in [5.41, 5.74) is 0.290. The van der Waals surface area contributed by atoms with E-state index in [4.69, 9.17) is 34.8 Å². The number of benzene rings is 3. The van der Waals surface area contributed by atoms with Crippen molar-refractivity contribution in [3.63, 3.8) is 0 Å². The molecule has 1 heterocycles. The number of anilines is 1. The first-order chi connectivity index (χ1) is 15.3. The van der Waals surface area contributed by atoms with Gasteiger partial charge in [-0.3, -0.25) is 9.59 Å². The SMILES string of the molecule is CN(C(=O)c1c(O)n(-c2ccc(Cl)cc2)n(-c2ccc(Cl)cc2)c1=O)c1ccc(Cl)cc1. The standard InChI is InChI=1S/C23H16Cl3N3O3/c1-27(17-8-2-14(24)3-9-17)21(30)20-22(31)28(18-10-4-15(25)5-11-18)29(23(20)32)19-12-6-16(26)7-13-19/h2-13,31H,1H3. The zero-order chi connectivity index (χ0) is 23.0. The van der Waals surface area contributed by atoms with Crippen LogP contribution in [0.15, 0.2) is 77.6 Å². The Balaban J connectivity index is 1.92. The van der Waals surface area contributed by atoms with Crippen LogP contribution >= 0.6 is 34.8 Å². The van der Waals surface area contributed by atoms with Crippen LogP contribution in [0.1, 0.15) is 10.4 Å². The highest BCUT2D eigenvalue weighted by Gasteiger charge is 2.29. The predicted octanol–water partition coefficient (Wildman–Crippen LogP) is 5.57. The molecule has 0 aliphatic carbocycles. The maximum absolute atomic E-state index is 13.4. The molecular formula is C23H16Cl3N3O3. The van der Waals surface area contributed by atoms with Crippen molar-refractivity contribution in [2.24, 2.45) is 0 Å². The Morgan fingerprint density at radius 1 is 0.750 bits per heavy atom. The Kier molecular flexibility index (Phi) is 6.02. The van der Waals surface area contributed by atoms with Crippen molar-refractivity contribution in [2.75, 3.05) is 11.9 Å². The van der Waals surface area contributed by atoms with Gasteiger partial charge in [-0.25, -0.2) is 9.36 Å². The van der Waals surface area contributed by atoms with Crippen molar-refractivity contribution in [1.29, 1.82) is 0 Å². The quantitative estimate of drug-likeness (QED) is 0.408. The number of halogens is 3. The molecule has 32 heavy (non-hydrogen) atoms. The van der Waals surface area contributed by atoms with Crippen LogP contribution in [0, 0.1) is 0 Å². The van der Waals surface area contributed by atoms with Gasteiger partial charge in [-0.2, -0.15) is 0 Å². The van der Waals surface area contributed by atoms with Gasteiger partial charge in [0, 0.05) is 27.8 Å². The maximum Gasteiger partial charge on any atom is 0.288 e. The molecule has 0 aliphatic rings. The van der Waals surface area contributed by atoms with Crippen molar-refractivity contribution in [1.82, 2.24) is 9.36 Å². The Morgan fingerprint density at radius 2 is 1.16 bits per heavy atom. The smallest absolute Gasteiger partial charge is 0.288 e. The number of carbonyl (C=O) groups is 1. The van der Waals surface area contributed by atoms with E-state index in [9.17, 15) is 14.7 Å². The van der Waals surface area contributed by atoms with E-state index in [0.29, 0.717) is 32.1 Å². The first-order valence-corrected chi connectivity index (χ1v) is 10.5. The molecule has 1 aromatic heterocycles. The van der Waals surface area contributed by atoms with E-state index in [2.05, 4.69) is 0 Å². The second-order valence-electron chi connectivity index (χ2n) is 6.92. The number of nitrogens with zero attached hydrogens (tertiary/aromatic N) is 3. The van der Waals surface area contributed by atoms with Crippen LogP contribution in [0.2, 0.25) is 15.1 Å². The summed E-state index contributed by atoms with van der Waals surface area (Å²) in [6.45, 7) is 0. The number of carbonyl (C=O) groups excluding carboxylic acids is 1. The van der Waals surface area contributed by atoms with Crippen LogP contribution in [0.3, 0.4) is 0 Å². The molecule has 0 fully saturated rings. The summed E-state index contributed by atoms with van der Waals surface area (Å²) < 4.78 is 2.46. The average Bonchev–Trinajstić information content (AvgIpc) is 3.04. The largest absolute Gasteiger partial charge is 0.493 e. The van der Waals surface area contributed by atoms with Crippen molar-refractivity contribution in [3.8, 4) is 17.3 Å². The molecule has 0 radical (unpaired) electrons. The second kappa shape index (κ2) is 8.74. The van der Waals surface area contributed by atoms with E-state index in [1.165, 1.54) is 21.3 Å². The molecule has 0 saturated heterocycles. The minimum absolute atomic E-state index is 0.382. The van der Waals surface area contributed by atoms with E-state index in [1.807, 2.05) is 0 Å². The van der Waals surface area contributed by atoms with Crippen LogP contribution in [-0.2, 0) is 0 Å². The van der Waals surface area contributed by atoms with Gasteiger partial charge >= 0.3 is 0 Å². The summed E-state index contributed by atoms with van der Waals surface area (Å²) >= 11 is 17.9. The first kappa shape index (κ1) is 22.0. The number of amides is 1. The Labute approximate surface area is 198 Å². The van der Waals surface area contributed by atoms with Crippen molar-refractivity contribution >= 4 is 46.4 Å². The minimum Gasteiger partial charge on any atom is -0.493 e. The second-order valence-corrected chi connectivity index (χ2v) is 8.23. The first-order valence-electron chi connectivity index (χ1n) is 9.40. The Morgan fingerprint density at radius 3 is 1.62 bits per heavy atom. The highest BCUT2D eigenvalue weighted by molar-refractivity contribution is 6.31. The summed E-state index contributed by atoms with van der Waals surface area (Å²) in [5, 5.41) is 12.5. The van der Waals surface area contributed by atoms with Crippen molar-refractivity contribution in [2.45, 2.75) is 0 Å². The number of rotatable bonds is 4. The topological polar surface area (TPSA) is 67.5 Å². The number of aromatic nitrogens is 2. The van der Waals surface area contributed by atoms with Gasteiger partial charge in [0.05, 0.1) is 11.4 Å². The number of hydrogen-bond donors (Lipinski definition) is 1. The summed E-state index contributed by atoms with van der Waals surface area (Å²) in [6, 6.07) is 19.5. The lowest BCUT2D eigenvalue weighted by Crippen LogP contribution is -2.31. The lowest BCUT2D eigenvalue weighted by Gasteiger charge is -2.16.